The number of nitrogens with one attached hydrogen (secondary N) is 1. The van der Waals surface area contributed by atoms with Crippen LogP contribution in [0, 0.1) is 0 Å². The molecule has 0 aliphatic heterocycles. The van der Waals surface area contributed by atoms with Crippen LogP contribution in [-0.4, -0.2) is 44.6 Å². The van der Waals surface area contributed by atoms with Crippen molar-refractivity contribution in [1.29, 1.82) is 0 Å². The Balaban J connectivity index is 4.16. The molecule has 3 N–H and O–H groups in total. The van der Waals surface area contributed by atoms with Gasteiger partial charge in [-0.3, -0.25) is 9.59 Å². The van der Waals surface area contributed by atoms with Gasteiger partial charge in [-0.2, -0.15) is 0 Å². The van der Waals surface area contributed by atoms with Gasteiger partial charge in [-0.15, -0.1) is 11.8 Å². The van der Waals surface area contributed by atoms with Gasteiger partial charge in [0.05, 0.1) is 5.75 Å². The number of rotatable bonds is 8. The summed E-state index contributed by atoms with van der Waals surface area (Å²) in [4.78, 5) is 32.9. The second kappa shape index (κ2) is 8.04. The first-order chi connectivity index (χ1) is 8.61. The molecule has 0 saturated carbocycles. The molecule has 0 bridgehead atoms. The van der Waals surface area contributed by atoms with Crippen LogP contribution < -0.4 is 5.32 Å². The summed E-state index contributed by atoms with van der Waals surface area (Å²) < 4.78 is -0.0701. The Hall–Kier alpha value is -1.24. The lowest BCUT2D eigenvalue weighted by atomic mass is 10.1. The maximum absolute atomic E-state index is 11.6. The second-order valence-corrected chi connectivity index (χ2v) is 6.95. The molecule has 0 unspecified atom stereocenters. The van der Waals surface area contributed by atoms with Crippen molar-refractivity contribution in [2.45, 2.75) is 50.8 Å². The molecule has 1 amide bonds. The molecule has 110 valence electrons. The number of hydrogen-bond acceptors (Lipinski definition) is 4. The van der Waals surface area contributed by atoms with E-state index in [0.29, 0.717) is 0 Å². The molecule has 0 aromatic heterocycles. The van der Waals surface area contributed by atoms with E-state index in [9.17, 15) is 14.4 Å². The normalized spacial score (nSPS) is 12.8. The number of carbonyl (C=O) groups excluding carboxylic acids is 1. The summed E-state index contributed by atoms with van der Waals surface area (Å²) in [5.41, 5.74) is 0. The highest BCUT2D eigenvalue weighted by Gasteiger charge is 2.21. The minimum atomic E-state index is -1.14. The monoisotopic (exact) mass is 291 g/mol. The van der Waals surface area contributed by atoms with Crippen molar-refractivity contribution in [3.8, 4) is 0 Å². The molecule has 0 spiro atoms. The van der Waals surface area contributed by atoms with E-state index in [1.807, 2.05) is 20.8 Å². The lowest BCUT2D eigenvalue weighted by Crippen LogP contribution is -2.42. The first-order valence-corrected chi connectivity index (χ1v) is 6.98. The average Bonchev–Trinajstić information content (AvgIpc) is 2.23. The fourth-order valence-corrected chi connectivity index (χ4v) is 1.88. The molecule has 7 heteroatoms. The minimum absolute atomic E-state index is 0.0701. The molecule has 0 aromatic rings. The number of amides is 1. The van der Waals surface area contributed by atoms with Crippen LogP contribution in [0.3, 0.4) is 0 Å². The van der Waals surface area contributed by atoms with Crippen LogP contribution >= 0.6 is 11.8 Å². The number of aliphatic carboxylic acids is 2. The van der Waals surface area contributed by atoms with Crippen LogP contribution in [-0.2, 0) is 14.4 Å². The van der Waals surface area contributed by atoms with Gasteiger partial charge in [-0.1, -0.05) is 20.8 Å². The van der Waals surface area contributed by atoms with E-state index in [1.165, 1.54) is 11.8 Å². The van der Waals surface area contributed by atoms with Crippen LogP contribution in [0.15, 0.2) is 0 Å². The molecule has 0 saturated heterocycles. The summed E-state index contributed by atoms with van der Waals surface area (Å²) in [6.07, 6.45) is 0.239. The molecular formula is C12H21NO5S. The SMILES string of the molecule is CC(C)(C)SCC(=O)N[C@H](CCCC(=O)O)C(=O)O. The molecule has 0 aliphatic rings. The van der Waals surface area contributed by atoms with Gasteiger partial charge in [-0.05, 0) is 12.8 Å². The summed E-state index contributed by atoms with van der Waals surface area (Å²) >= 11 is 1.43. The van der Waals surface area contributed by atoms with Gasteiger partial charge < -0.3 is 15.5 Å². The zero-order chi connectivity index (χ0) is 15.1. The number of carboxylic acids is 2. The molecule has 19 heavy (non-hydrogen) atoms. The summed E-state index contributed by atoms with van der Waals surface area (Å²) in [5, 5.41) is 19.8. The van der Waals surface area contributed by atoms with Crippen molar-refractivity contribution in [3.05, 3.63) is 0 Å². The van der Waals surface area contributed by atoms with Crippen LogP contribution in [0.1, 0.15) is 40.0 Å². The zero-order valence-electron chi connectivity index (χ0n) is 11.4. The molecule has 0 radical (unpaired) electrons. The Kier molecular flexibility index (Phi) is 7.51. The third-order valence-electron chi connectivity index (χ3n) is 2.15. The van der Waals surface area contributed by atoms with Crippen molar-refractivity contribution in [2.75, 3.05) is 5.75 Å². The van der Waals surface area contributed by atoms with Crippen LogP contribution in [0.25, 0.3) is 0 Å². The van der Waals surface area contributed by atoms with Gasteiger partial charge in [0.1, 0.15) is 6.04 Å². The van der Waals surface area contributed by atoms with E-state index in [0.717, 1.165) is 0 Å². The first kappa shape index (κ1) is 17.8. The number of thioether (sulfide) groups is 1. The average molecular weight is 291 g/mol. The summed E-state index contributed by atoms with van der Waals surface area (Å²) in [6.45, 7) is 5.89. The Bertz CT molecular complexity index is 338. The number of carboxylic acid groups (broad SMARTS) is 2. The van der Waals surface area contributed by atoms with E-state index >= 15 is 0 Å². The van der Waals surface area contributed by atoms with Gasteiger partial charge in [0, 0.05) is 11.2 Å². The van der Waals surface area contributed by atoms with Crippen molar-refractivity contribution in [1.82, 2.24) is 5.32 Å². The highest BCUT2D eigenvalue weighted by atomic mass is 32.2. The van der Waals surface area contributed by atoms with Crippen molar-refractivity contribution < 1.29 is 24.6 Å². The molecule has 0 fully saturated rings. The Labute approximate surface area is 116 Å². The highest BCUT2D eigenvalue weighted by molar-refractivity contribution is 8.01. The largest absolute Gasteiger partial charge is 0.481 e. The predicted octanol–water partition coefficient (Wildman–Crippen LogP) is 1.34. The standard InChI is InChI=1S/C12H21NO5S/c1-12(2,3)19-7-9(14)13-8(11(17)18)5-4-6-10(15)16/h8H,4-7H2,1-3H3,(H,13,14)(H,15,16)(H,17,18)/t8-/m1/s1. The fourth-order valence-electron chi connectivity index (χ4n) is 1.23. The van der Waals surface area contributed by atoms with Crippen LogP contribution in [0.5, 0.6) is 0 Å². The second-order valence-electron chi connectivity index (χ2n) is 5.15. The van der Waals surface area contributed by atoms with Gasteiger partial charge in [0.2, 0.25) is 5.91 Å². The Morgan fingerprint density at radius 3 is 2.21 bits per heavy atom. The third-order valence-corrected chi connectivity index (χ3v) is 3.43. The van der Waals surface area contributed by atoms with E-state index in [1.54, 1.807) is 0 Å². The van der Waals surface area contributed by atoms with Crippen molar-refractivity contribution >= 4 is 29.6 Å². The van der Waals surface area contributed by atoms with Gasteiger partial charge in [0.15, 0.2) is 0 Å². The summed E-state index contributed by atoms with van der Waals surface area (Å²) in [6, 6.07) is -1.02. The quantitative estimate of drug-likeness (QED) is 0.623. The minimum Gasteiger partial charge on any atom is -0.481 e. The van der Waals surface area contributed by atoms with E-state index < -0.39 is 18.0 Å². The number of hydrogen-bond donors (Lipinski definition) is 3. The smallest absolute Gasteiger partial charge is 0.326 e. The lowest BCUT2D eigenvalue weighted by Gasteiger charge is -2.18. The topological polar surface area (TPSA) is 104 Å². The zero-order valence-corrected chi connectivity index (χ0v) is 12.2. The predicted molar refractivity (Wildman–Crippen MR) is 73.3 cm³/mol. The van der Waals surface area contributed by atoms with Crippen LogP contribution in [0.2, 0.25) is 0 Å². The fraction of sp³-hybridized carbons (Fsp3) is 0.750. The summed E-state index contributed by atoms with van der Waals surface area (Å²) in [7, 11) is 0. The molecule has 6 nitrogen and oxygen atoms in total. The maximum atomic E-state index is 11.6. The first-order valence-electron chi connectivity index (χ1n) is 6.00. The van der Waals surface area contributed by atoms with Crippen molar-refractivity contribution in [2.24, 2.45) is 0 Å². The van der Waals surface area contributed by atoms with E-state index in [-0.39, 0.29) is 35.7 Å². The van der Waals surface area contributed by atoms with Gasteiger partial charge >= 0.3 is 11.9 Å². The Morgan fingerprint density at radius 1 is 1.21 bits per heavy atom. The number of carbonyl (C=O) groups is 3. The van der Waals surface area contributed by atoms with Gasteiger partial charge in [-0.25, -0.2) is 4.79 Å². The van der Waals surface area contributed by atoms with Crippen LogP contribution in [0.4, 0.5) is 0 Å². The highest BCUT2D eigenvalue weighted by Crippen LogP contribution is 2.22. The Morgan fingerprint density at radius 2 is 1.79 bits per heavy atom. The molecule has 0 aliphatic carbocycles. The van der Waals surface area contributed by atoms with E-state index in [2.05, 4.69) is 5.32 Å². The van der Waals surface area contributed by atoms with E-state index in [4.69, 9.17) is 10.2 Å². The molecular weight excluding hydrogens is 270 g/mol. The molecule has 0 heterocycles. The molecule has 0 rings (SSSR count). The molecule has 0 aromatic carbocycles. The molecule has 1 atom stereocenters. The van der Waals surface area contributed by atoms with Crippen molar-refractivity contribution in [3.63, 3.8) is 0 Å². The lowest BCUT2D eigenvalue weighted by molar-refractivity contribution is -0.142. The summed E-state index contributed by atoms with van der Waals surface area (Å²) in [5.74, 6) is -2.27. The van der Waals surface area contributed by atoms with Gasteiger partial charge in [0.25, 0.3) is 0 Å². The third kappa shape index (κ3) is 10.4. The maximum Gasteiger partial charge on any atom is 0.326 e.